The Morgan fingerprint density at radius 1 is 1.11 bits per heavy atom. The topological polar surface area (TPSA) is 38.0 Å². The zero-order chi connectivity index (χ0) is 13.0. The number of aryl methyl sites for hydroxylation is 1. The van der Waals surface area contributed by atoms with Crippen LogP contribution in [0.25, 0.3) is 0 Å². The van der Waals surface area contributed by atoms with E-state index in [1.54, 1.807) is 0 Å². The number of hydrogen-bond donors (Lipinski definition) is 2. The number of para-hydroxylation sites is 1. The minimum Gasteiger partial charge on any atom is -0.397 e. The predicted octanol–water partition coefficient (Wildman–Crippen LogP) is 3.89. The Kier molecular flexibility index (Phi) is 4.11. The lowest BCUT2D eigenvalue weighted by atomic mass is 10.1. The number of nitrogens with one attached hydrogen (secondary N) is 1. The van der Waals surface area contributed by atoms with Gasteiger partial charge in [0.25, 0.3) is 0 Å². The van der Waals surface area contributed by atoms with Crippen LogP contribution in [0.4, 0.5) is 11.4 Å². The second-order valence-corrected chi connectivity index (χ2v) is 4.78. The summed E-state index contributed by atoms with van der Waals surface area (Å²) < 4.78 is 0. The van der Waals surface area contributed by atoms with Crippen molar-refractivity contribution in [2.24, 2.45) is 0 Å². The van der Waals surface area contributed by atoms with Crippen LogP contribution in [0.15, 0.2) is 42.5 Å². The van der Waals surface area contributed by atoms with Gasteiger partial charge in [-0.25, -0.2) is 0 Å². The van der Waals surface area contributed by atoms with E-state index in [1.165, 1.54) is 11.1 Å². The molecule has 0 aliphatic heterocycles. The highest BCUT2D eigenvalue weighted by atomic mass is 35.5. The Labute approximate surface area is 113 Å². The third-order valence-corrected chi connectivity index (χ3v) is 3.19. The predicted molar refractivity (Wildman–Crippen MR) is 79.2 cm³/mol. The van der Waals surface area contributed by atoms with Crippen LogP contribution in [0, 0.1) is 6.92 Å². The van der Waals surface area contributed by atoms with Crippen LogP contribution in [0.3, 0.4) is 0 Å². The van der Waals surface area contributed by atoms with E-state index in [2.05, 4.69) is 18.3 Å². The molecule has 0 spiro atoms. The summed E-state index contributed by atoms with van der Waals surface area (Å²) in [6, 6.07) is 13.9. The maximum Gasteiger partial charge on any atom is 0.0603 e. The van der Waals surface area contributed by atoms with E-state index in [4.69, 9.17) is 17.3 Å². The van der Waals surface area contributed by atoms with E-state index in [-0.39, 0.29) is 0 Å². The lowest BCUT2D eigenvalue weighted by molar-refractivity contribution is 1.02. The molecule has 0 aliphatic rings. The van der Waals surface area contributed by atoms with E-state index in [9.17, 15) is 0 Å². The van der Waals surface area contributed by atoms with E-state index in [1.807, 2.05) is 36.4 Å². The Morgan fingerprint density at radius 3 is 2.50 bits per heavy atom. The van der Waals surface area contributed by atoms with Crippen LogP contribution in [0.1, 0.15) is 11.1 Å². The molecule has 0 aromatic heterocycles. The van der Waals surface area contributed by atoms with Crippen molar-refractivity contribution in [3.8, 4) is 0 Å². The molecule has 2 nitrogen and oxygen atoms in total. The van der Waals surface area contributed by atoms with Crippen molar-refractivity contribution in [3.05, 3.63) is 58.6 Å². The molecule has 0 saturated carbocycles. The molecule has 0 fully saturated rings. The first-order valence-electron chi connectivity index (χ1n) is 6.00. The first kappa shape index (κ1) is 12.8. The molecule has 2 rings (SSSR count). The molecule has 0 unspecified atom stereocenters. The fraction of sp³-hybridized carbons (Fsp3) is 0.200. The van der Waals surface area contributed by atoms with Gasteiger partial charge in [-0.1, -0.05) is 35.9 Å². The number of benzene rings is 2. The number of nitrogens with two attached hydrogens (primary N) is 1. The zero-order valence-electron chi connectivity index (χ0n) is 10.4. The van der Waals surface area contributed by atoms with Crippen molar-refractivity contribution in [3.63, 3.8) is 0 Å². The van der Waals surface area contributed by atoms with Crippen molar-refractivity contribution in [2.45, 2.75) is 13.3 Å². The molecular weight excluding hydrogens is 244 g/mol. The summed E-state index contributed by atoms with van der Waals surface area (Å²) in [5.74, 6) is 0. The average molecular weight is 261 g/mol. The Morgan fingerprint density at radius 2 is 1.83 bits per heavy atom. The molecule has 0 aliphatic carbocycles. The monoisotopic (exact) mass is 260 g/mol. The molecule has 0 atom stereocenters. The highest BCUT2D eigenvalue weighted by Crippen LogP contribution is 2.22. The largest absolute Gasteiger partial charge is 0.397 e. The fourth-order valence-electron chi connectivity index (χ4n) is 1.91. The summed E-state index contributed by atoms with van der Waals surface area (Å²) in [4.78, 5) is 0. The van der Waals surface area contributed by atoms with E-state index >= 15 is 0 Å². The van der Waals surface area contributed by atoms with Gasteiger partial charge in [0.2, 0.25) is 0 Å². The molecule has 18 heavy (non-hydrogen) atoms. The van der Waals surface area contributed by atoms with Gasteiger partial charge in [-0.2, -0.15) is 0 Å². The third-order valence-electron chi connectivity index (χ3n) is 2.93. The van der Waals surface area contributed by atoms with Gasteiger partial charge in [-0.15, -0.1) is 0 Å². The molecule has 0 amide bonds. The van der Waals surface area contributed by atoms with Crippen LogP contribution < -0.4 is 11.1 Å². The normalized spacial score (nSPS) is 10.3. The molecule has 3 heteroatoms. The molecule has 2 aromatic rings. The number of halogens is 1. The van der Waals surface area contributed by atoms with Crippen LogP contribution in [0.5, 0.6) is 0 Å². The highest BCUT2D eigenvalue weighted by Gasteiger charge is 2.01. The van der Waals surface area contributed by atoms with Gasteiger partial charge in [0.15, 0.2) is 0 Å². The van der Waals surface area contributed by atoms with Gasteiger partial charge < -0.3 is 11.1 Å². The summed E-state index contributed by atoms with van der Waals surface area (Å²) in [6.45, 7) is 2.91. The molecule has 3 N–H and O–H groups in total. The summed E-state index contributed by atoms with van der Waals surface area (Å²) >= 11 is 5.85. The van der Waals surface area contributed by atoms with Crippen LogP contribution in [-0.2, 0) is 6.42 Å². The van der Waals surface area contributed by atoms with Crippen molar-refractivity contribution < 1.29 is 0 Å². The second kappa shape index (κ2) is 5.78. The summed E-state index contributed by atoms with van der Waals surface area (Å²) in [7, 11) is 0. The quantitative estimate of drug-likeness (QED) is 0.819. The Bertz CT molecular complexity index is 500. The molecule has 2 aromatic carbocycles. The number of hydrogen-bond acceptors (Lipinski definition) is 2. The van der Waals surface area contributed by atoms with Crippen molar-refractivity contribution in [2.75, 3.05) is 17.6 Å². The van der Waals surface area contributed by atoms with Gasteiger partial charge in [0, 0.05) is 11.6 Å². The minimum atomic E-state index is 0.773. The van der Waals surface area contributed by atoms with E-state index in [0.29, 0.717) is 0 Å². The van der Waals surface area contributed by atoms with Gasteiger partial charge in [-0.05, 0) is 42.7 Å². The minimum absolute atomic E-state index is 0.773. The van der Waals surface area contributed by atoms with Crippen LogP contribution in [0.2, 0.25) is 5.02 Å². The summed E-state index contributed by atoms with van der Waals surface area (Å²) in [5.41, 5.74) is 10.2. The lowest BCUT2D eigenvalue weighted by Gasteiger charge is -2.12. The molecule has 0 heterocycles. The summed E-state index contributed by atoms with van der Waals surface area (Å²) in [6.07, 6.45) is 0.949. The van der Waals surface area contributed by atoms with E-state index < -0.39 is 0 Å². The standard InChI is InChI=1S/C15H17ClN2/c1-11-3-2-4-14(17)15(11)18-10-9-12-5-7-13(16)8-6-12/h2-8,18H,9-10,17H2,1H3. The Balaban J connectivity index is 1.94. The SMILES string of the molecule is Cc1cccc(N)c1NCCc1ccc(Cl)cc1. The third kappa shape index (κ3) is 3.17. The maximum atomic E-state index is 5.94. The van der Waals surface area contributed by atoms with Crippen LogP contribution >= 0.6 is 11.6 Å². The first-order chi connectivity index (χ1) is 8.66. The van der Waals surface area contributed by atoms with Gasteiger partial charge in [-0.3, -0.25) is 0 Å². The van der Waals surface area contributed by atoms with Gasteiger partial charge in [0.1, 0.15) is 0 Å². The zero-order valence-corrected chi connectivity index (χ0v) is 11.2. The van der Waals surface area contributed by atoms with Gasteiger partial charge >= 0.3 is 0 Å². The molecule has 94 valence electrons. The van der Waals surface area contributed by atoms with E-state index in [0.717, 1.165) is 29.4 Å². The first-order valence-corrected chi connectivity index (χ1v) is 6.38. The smallest absolute Gasteiger partial charge is 0.0603 e. The fourth-order valence-corrected chi connectivity index (χ4v) is 2.04. The van der Waals surface area contributed by atoms with Crippen molar-refractivity contribution >= 4 is 23.0 Å². The van der Waals surface area contributed by atoms with Crippen molar-refractivity contribution in [1.29, 1.82) is 0 Å². The van der Waals surface area contributed by atoms with Crippen molar-refractivity contribution in [1.82, 2.24) is 0 Å². The Hall–Kier alpha value is -1.67. The van der Waals surface area contributed by atoms with Gasteiger partial charge in [0.05, 0.1) is 11.4 Å². The molecule has 0 saturated heterocycles. The van der Waals surface area contributed by atoms with Crippen LogP contribution in [-0.4, -0.2) is 6.54 Å². The second-order valence-electron chi connectivity index (χ2n) is 4.34. The maximum absolute atomic E-state index is 5.94. The number of anilines is 2. The number of nitrogen functional groups attached to an aromatic ring is 1. The molecule has 0 bridgehead atoms. The lowest BCUT2D eigenvalue weighted by Crippen LogP contribution is -2.08. The average Bonchev–Trinajstić information content (AvgIpc) is 2.35. The summed E-state index contributed by atoms with van der Waals surface area (Å²) in [5, 5.41) is 4.16. The molecular formula is C15H17ClN2. The molecule has 0 radical (unpaired) electrons. The number of rotatable bonds is 4. The highest BCUT2D eigenvalue weighted by molar-refractivity contribution is 6.30.